The highest BCUT2D eigenvalue weighted by Gasteiger charge is 2.44. The molecule has 2 unspecified atom stereocenters. The monoisotopic (exact) mass is 318 g/mol. The summed E-state index contributed by atoms with van der Waals surface area (Å²) in [7, 11) is 0. The summed E-state index contributed by atoms with van der Waals surface area (Å²) in [5, 5.41) is 18.0. The summed E-state index contributed by atoms with van der Waals surface area (Å²) in [5.41, 5.74) is 3.14. The van der Waals surface area contributed by atoms with Crippen molar-refractivity contribution < 1.29 is 5.11 Å². The predicted molar refractivity (Wildman–Crippen MR) is 90.0 cm³/mol. The number of hydrogen-bond acceptors (Lipinski definition) is 5. The van der Waals surface area contributed by atoms with Crippen LogP contribution in [0.1, 0.15) is 28.9 Å². The summed E-state index contributed by atoms with van der Waals surface area (Å²) in [5.74, 6) is 0. The van der Waals surface area contributed by atoms with Gasteiger partial charge in [-0.25, -0.2) is 4.98 Å². The first kappa shape index (κ1) is 14.9. The molecule has 1 saturated heterocycles. The van der Waals surface area contributed by atoms with Crippen LogP contribution in [-0.2, 0) is 0 Å². The van der Waals surface area contributed by atoms with E-state index < -0.39 is 6.10 Å². The Balaban J connectivity index is 1.74. The van der Waals surface area contributed by atoms with Crippen LogP contribution in [0.5, 0.6) is 0 Å². The molecule has 1 aromatic heterocycles. The molecule has 0 bridgehead atoms. The first-order valence-electron chi connectivity index (χ1n) is 8.01. The van der Waals surface area contributed by atoms with Gasteiger partial charge in [-0.3, -0.25) is 4.90 Å². The predicted octanol–water partition coefficient (Wildman–Crippen LogP) is 2.38. The van der Waals surface area contributed by atoms with Crippen LogP contribution in [0.15, 0.2) is 73.2 Å². The molecule has 2 aromatic carbocycles. The maximum Gasteiger partial charge on any atom is 0.138 e. The zero-order valence-corrected chi connectivity index (χ0v) is 13.1. The van der Waals surface area contributed by atoms with Crippen molar-refractivity contribution in [1.29, 1.82) is 0 Å². The molecule has 1 fully saturated rings. The smallest absolute Gasteiger partial charge is 0.138 e. The summed E-state index contributed by atoms with van der Waals surface area (Å²) in [4.78, 5) is 6.56. The molecule has 4 rings (SSSR count). The van der Waals surface area contributed by atoms with Gasteiger partial charge in [0, 0.05) is 6.54 Å². The van der Waals surface area contributed by atoms with E-state index in [0.29, 0.717) is 6.54 Å². The van der Waals surface area contributed by atoms with Crippen LogP contribution >= 0.6 is 0 Å². The minimum Gasteiger partial charge on any atom is -0.390 e. The van der Waals surface area contributed by atoms with Crippen LogP contribution in [0.4, 0.5) is 0 Å². The Morgan fingerprint density at radius 1 is 0.917 bits per heavy atom. The van der Waals surface area contributed by atoms with Gasteiger partial charge in [0.05, 0.1) is 30.1 Å². The minimum atomic E-state index is -0.448. The van der Waals surface area contributed by atoms with Crippen molar-refractivity contribution in [3.8, 4) is 0 Å². The van der Waals surface area contributed by atoms with Crippen molar-refractivity contribution in [3.63, 3.8) is 0 Å². The maximum atomic E-state index is 10.3. The van der Waals surface area contributed by atoms with E-state index >= 15 is 0 Å². The van der Waals surface area contributed by atoms with E-state index in [0.717, 1.165) is 5.69 Å². The molecule has 0 aliphatic carbocycles. The fourth-order valence-electron chi connectivity index (χ4n) is 3.39. The average Bonchev–Trinajstić information content (AvgIpc) is 2.64. The maximum absolute atomic E-state index is 10.3. The van der Waals surface area contributed by atoms with Crippen molar-refractivity contribution in [3.05, 3.63) is 90.0 Å². The van der Waals surface area contributed by atoms with Gasteiger partial charge in [0.1, 0.15) is 6.33 Å². The van der Waals surface area contributed by atoms with Gasteiger partial charge in [0.2, 0.25) is 0 Å². The van der Waals surface area contributed by atoms with Gasteiger partial charge in [0.15, 0.2) is 0 Å². The van der Waals surface area contributed by atoms with E-state index in [2.05, 4.69) is 44.3 Å². The van der Waals surface area contributed by atoms with Crippen LogP contribution in [0.3, 0.4) is 0 Å². The normalized spacial score (nSPS) is 20.8. The fourth-order valence-corrected chi connectivity index (χ4v) is 3.39. The van der Waals surface area contributed by atoms with Crippen molar-refractivity contribution in [2.24, 2.45) is 0 Å². The Bertz CT molecular complexity index is 743. The van der Waals surface area contributed by atoms with Crippen molar-refractivity contribution in [1.82, 2.24) is 20.1 Å². The Kier molecular flexibility index (Phi) is 4.02. The Morgan fingerprint density at radius 2 is 1.54 bits per heavy atom. The molecule has 0 amide bonds. The first-order valence-corrected chi connectivity index (χ1v) is 8.01. The van der Waals surface area contributed by atoms with Crippen molar-refractivity contribution in [2.45, 2.75) is 18.2 Å². The van der Waals surface area contributed by atoms with Crippen molar-refractivity contribution in [2.75, 3.05) is 6.54 Å². The van der Waals surface area contributed by atoms with E-state index in [-0.39, 0.29) is 12.1 Å². The van der Waals surface area contributed by atoms with Gasteiger partial charge in [-0.15, -0.1) is 5.10 Å². The highest BCUT2D eigenvalue weighted by molar-refractivity contribution is 5.33. The quantitative estimate of drug-likeness (QED) is 0.800. The fraction of sp³-hybridized carbons (Fsp3) is 0.211. The molecular formula is C19H18N4O. The Hall–Kier alpha value is -2.63. The molecule has 5 nitrogen and oxygen atoms in total. The molecule has 1 aliphatic heterocycles. The molecule has 0 radical (unpaired) electrons. The molecular weight excluding hydrogens is 300 g/mol. The third-order valence-corrected chi connectivity index (χ3v) is 4.50. The molecule has 5 heteroatoms. The summed E-state index contributed by atoms with van der Waals surface area (Å²) < 4.78 is 0. The lowest BCUT2D eigenvalue weighted by atomic mass is 9.87. The highest BCUT2D eigenvalue weighted by Crippen LogP contribution is 2.42. The number of aliphatic hydroxyl groups is 1. The molecule has 2 heterocycles. The molecule has 3 aromatic rings. The van der Waals surface area contributed by atoms with Gasteiger partial charge >= 0.3 is 0 Å². The number of aliphatic hydroxyl groups excluding tert-OH is 1. The Morgan fingerprint density at radius 3 is 2.04 bits per heavy atom. The van der Waals surface area contributed by atoms with E-state index in [9.17, 15) is 5.11 Å². The standard InChI is InChI=1S/C19H18N4O/c24-17-12-23(19(17)16-11-21-22-13-20-16)18(14-7-3-1-4-8-14)15-9-5-2-6-10-15/h1-11,13,17-19,24H,12H2. The van der Waals surface area contributed by atoms with Crippen LogP contribution in [0.25, 0.3) is 0 Å². The molecule has 0 saturated carbocycles. The first-order chi connectivity index (χ1) is 11.8. The molecule has 120 valence electrons. The van der Waals surface area contributed by atoms with Gasteiger partial charge in [-0.1, -0.05) is 60.7 Å². The highest BCUT2D eigenvalue weighted by atomic mass is 16.3. The molecule has 0 spiro atoms. The third-order valence-electron chi connectivity index (χ3n) is 4.50. The molecule has 1 N–H and O–H groups in total. The lowest BCUT2D eigenvalue weighted by molar-refractivity contribution is -0.0828. The molecule has 24 heavy (non-hydrogen) atoms. The second-order valence-electron chi connectivity index (χ2n) is 5.96. The summed E-state index contributed by atoms with van der Waals surface area (Å²) >= 11 is 0. The summed E-state index contributed by atoms with van der Waals surface area (Å²) in [6.07, 6.45) is 2.61. The van der Waals surface area contributed by atoms with Gasteiger partial charge < -0.3 is 5.11 Å². The lowest BCUT2D eigenvalue weighted by Gasteiger charge is -2.49. The van der Waals surface area contributed by atoms with Crippen LogP contribution < -0.4 is 0 Å². The summed E-state index contributed by atoms with van der Waals surface area (Å²) in [6.45, 7) is 0.600. The molecule has 2 atom stereocenters. The number of rotatable bonds is 4. The van der Waals surface area contributed by atoms with Crippen LogP contribution in [0, 0.1) is 0 Å². The van der Waals surface area contributed by atoms with E-state index in [4.69, 9.17) is 0 Å². The van der Waals surface area contributed by atoms with Gasteiger partial charge in [-0.2, -0.15) is 5.10 Å². The Labute approximate surface area is 140 Å². The second kappa shape index (κ2) is 6.47. The second-order valence-corrected chi connectivity index (χ2v) is 5.96. The van der Waals surface area contributed by atoms with E-state index in [1.165, 1.54) is 17.5 Å². The topological polar surface area (TPSA) is 62.1 Å². The lowest BCUT2D eigenvalue weighted by Crippen LogP contribution is -2.55. The average molecular weight is 318 g/mol. The number of hydrogen-bond donors (Lipinski definition) is 1. The number of likely N-dealkylation sites (tertiary alicyclic amines) is 1. The van der Waals surface area contributed by atoms with Gasteiger partial charge in [-0.05, 0) is 11.1 Å². The SMILES string of the molecule is OC1CN(C(c2ccccc2)c2ccccc2)C1c1cnncn1. The number of nitrogens with zero attached hydrogens (tertiary/aromatic N) is 4. The van der Waals surface area contributed by atoms with Gasteiger partial charge in [0.25, 0.3) is 0 Å². The molecule has 1 aliphatic rings. The number of benzene rings is 2. The van der Waals surface area contributed by atoms with Crippen LogP contribution in [-0.4, -0.2) is 37.8 Å². The van der Waals surface area contributed by atoms with Crippen molar-refractivity contribution >= 4 is 0 Å². The van der Waals surface area contributed by atoms with Crippen LogP contribution in [0.2, 0.25) is 0 Å². The minimum absolute atomic E-state index is 0.0655. The largest absolute Gasteiger partial charge is 0.390 e. The number of aromatic nitrogens is 3. The zero-order valence-electron chi connectivity index (χ0n) is 13.1. The van der Waals surface area contributed by atoms with E-state index in [1.54, 1.807) is 6.20 Å². The van der Waals surface area contributed by atoms with E-state index in [1.807, 2.05) is 36.4 Å². The zero-order chi connectivity index (χ0) is 16.4. The number of β-amino-alcohol motifs (C(OH)–C–C–N with tert-alkyl or cyclic N) is 1. The summed E-state index contributed by atoms with van der Waals surface area (Å²) in [6, 6.07) is 20.6. The third kappa shape index (κ3) is 2.68.